The Morgan fingerprint density at radius 3 is 3.08 bits per heavy atom. The van der Waals surface area contributed by atoms with Gasteiger partial charge < -0.3 is 9.64 Å². The molecule has 0 amide bonds. The quantitative estimate of drug-likeness (QED) is 0.682. The lowest BCUT2D eigenvalue weighted by molar-refractivity contribution is 0.121. The van der Waals surface area contributed by atoms with Gasteiger partial charge in [0.2, 0.25) is 0 Å². The zero-order chi connectivity index (χ0) is 9.10. The molecule has 1 aromatic rings. The number of ether oxygens (including phenoxy) is 1. The summed E-state index contributed by atoms with van der Waals surface area (Å²) in [7, 11) is 1.77. The van der Waals surface area contributed by atoms with E-state index in [4.69, 9.17) is 4.74 Å². The summed E-state index contributed by atoms with van der Waals surface area (Å²) in [5, 5.41) is 0. The van der Waals surface area contributed by atoms with Crippen molar-refractivity contribution in [2.45, 2.75) is 12.5 Å². The lowest BCUT2D eigenvalue weighted by atomic mass is 10.3. The average Bonchev–Trinajstić information content (AvgIpc) is 2.67. The molecule has 1 saturated heterocycles. The number of nitrogens with zero attached hydrogens (tertiary/aromatic N) is 2. The van der Waals surface area contributed by atoms with Gasteiger partial charge in [-0.2, -0.15) is 0 Å². The summed E-state index contributed by atoms with van der Waals surface area (Å²) in [5.74, 6) is 1.06. The number of aromatic nitrogens is 1. The maximum Gasteiger partial charge on any atom is 0.128 e. The molecule has 1 unspecified atom stereocenters. The monoisotopic (exact) mass is 178 g/mol. The van der Waals surface area contributed by atoms with E-state index in [9.17, 15) is 0 Å². The lowest BCUT2D eigenvalue weighted by Gasteiger charge is -2.16. The van der Waals surface area contributed by atoms with E-state index in [1.165, 1.54) is 0 Å². The van der Waals surface area contributed by atoms with E-state index in [0.717, 1.165) is 25.3 Å². The summed E-state index contributed by atoms with van der Waals surface area (Å²) in [6.45, 7) is 2.02. The Morgan fingerprint density at radius 1 is 1.54 bits per heavy atom. The van der Waals surface area contributed by atoms with E-state index in [1.54, 1.807) is 7.11 Å². The Balaban J connectivity index is 2.04. The second-order valence-corrected chi connectivity index (χ2v) is 3.28. The molecule has 0 N–H and O–H groups in total. The van der Waals surface area contributed by atoms with E-state index in [-0.39, 0.29) is 0 Å². The van der Waals surface area contributed by atoms with Gasteiger partial charge in [-0.3, -0.25) is 0 Å². The number of rotatable bonds is 2. The van der Waals surface area contributed by atoms with Gasteiger partial charge in [0.25, 0.3) is 0 Å². The minimum Gasteiger partial charge on any atom is -0.380 e. The zero-order valence-corrected chi connectivity index (χ0v) is 7.81. The van der Waals surface area contributed by atoms with Crippen LogP contribution in [0.1, 0.15) is 6.42 Å². The van der Waals surface area contributed by atoms with Crippen molar-refractivity contribution in [1.29, 1.82) is 0 Å². The van der Waals surface area contributed by atoms with Crippen LogP contribution in [-0.4, -0.2) is 31.3 Å². The standard InChI is InChI=1S/C10H14N2O/c1-13-9-5-7-12(8-9)10-4-2-3-6-11-10/h2-4,6,9H,5,7-8H2,1H3. The van der Waals surface area contributed by atoms with Crippen molar-refractivity contribution in [1.82, 2.24) is 4.98 Å². The van der Waals surface area contributed by atoms with Gasteiger partial charge in [0.15, 0.2) is 0 Å². The van der Waals surface area contributed by atoms with Gasteiger partial charge in [0.1, 0.15) is 5.82 Å². The minimum absolute atomic E-state index is 0.377. The molecule has 1 aromatic heterocycles. The van der Waals surface area contributed by atoms with E-state index < -0.39 is 0 Å². The summed E-state index contributed by atoms with van der Waals surface area (Å²) in [6.07, 6.45) is 3.31. The van der Waals surface area contributed by atoms with E-state index in [0.29, 0.717) is 6.10 Å². The second kappa shape index (κ2) is 3.75. The van der Waals surface area contributed by atoms with Crippen LogP contribution in [0.2, 0.25) is 0 Å². The summed E-state index contributed by atoms with van der Waals surface area (Å²) >= 11 is 0. The van der Waals surface area contributed by atoms with Gasteiger partial charge in [-0.1, -0.05) is 6.07 Å². The predicted octanol–water partition coefficient (Wildman–Crippen LogP) is 1.31. The molecule has 13 heavy (non-hydrogen) atoms. The van der Waals surface area contributed by atoms with E-state index in [2.05, 4.69) is 9.88 Å². The first-order chi connectivity index (χ1) is 6.40. The molecular weight excluding hydrogens is 164 g/mol. The van der Waals surface area contributed by atoms with Crippen LogP contribution in [0.3, 0.4) is 0 Å². The maximum absolute atomic E-state index is 5.29. The number of hydrogen-bond acceptors (Lipinski definition) is 3. The number of anilines is 1. The van der Waals surface area contributed by atoms with Gasteiger partial charge in [0, 0.05) is 26.4 Å². The van der Waals surface area contributed by atoms with Gasteiger partial charge in [0.05, 0.1) is 6.10 Å². The fraction of sp³-hybridized carbons (Fsp3) is 0.500. The molecule has 0 bridgehead atoms. The Morgan fingerprint density at radius 2 is 2.46 bits per heavy atom. The molecule has 0 aliphatic carbocycles. The molecule has 2 heterocycles. The lowest BCUT2D eigenvalue weighted by Crippen LogP contribution is -2.22. The number of hydrogen-bond donors (Lipinski definition) is 0. The van der Waals surface area contributed by atoms with Crippen LogP contribution >= 0.6 is 0 Å². The molecule has 0 spiro atoms. The number of pyridine rings is 1. The highest BCUT2D eigenvalue weighted by atomic mass is 16.5. The van der Waals surface area contributed by atoms with Crippen molar-refractivity contribution in [3.8, 4) is 0 Å². The van der Waals surface area contributed by atoms with Crippen molar-refractivity contribution in [3.63, 3.8) is 0 Å². The Labute approximate surface area is 78.3 Å². The van der Waals surface area contributed by atoms with Crippen molar-refractivity contribution in [2.75, 3.05) is 25.1 Å². The molecule has 1 aliphatic heterocycles. The molecule has 70 valence electrons. The topological polar surface area (TPSA) is 25.4 Å². The number of methoxy groups -OCH3 is 1. The Kier molecular flexibility index (Phi) is 2.45. The largest absolute Gasteiger partial charge is 0.380 e. The summed E-state index contributed by atoms with van der Waals surface area (Å²) in [4.78, 5) is 6.56. The first-order valence-electron chi connectivity index (χ1n) is 4.59. The highest BCUT2D eigenvalue weighted by Crippen LogP contribution is 2.18. The van der Waals surface area contributed by atoms with Crippen LogP contribution in [0.15, 0.2) is 24.4 Å². The molecule has 2 rings (SSSR count). The minimum atomic E-state index is 0.377. The third-order valence-corrected chi connectivity index (χ3v) is 2.45. The van der Waals surface area contributed by atoms with Crippen LogP contribution in [0.5, 0.6) is 0 Å². The fourth-order valence-electron chi connectivity index (χ4n) is 1.67. The van der Waals surface area contributed by atoms with Crippen molar-refractivity contribution >= 4 is 5.82 Å². The summed E-state index contributed by atoms with van der Waals surface area (Å²) in [6, 6.07) is 5.99. The van der Waals surface area contributed by atoms with E-state index in [1.807, 2.05) is 24.4 Å². The Bertz CT molecular complexity index is 263. The van der Waals surface area contributed by atoms with Crippen LogP contribution in [0.4, 0.5) is 5.82 Å². The van der Waals surface area contributed by atoms with Crippen molar-refractivity contribution in [3.05, 3.63) is 24.4 Å². The first-order valence-corrected chi connectivity index (χ1v) is 4.59. The van der Waals surface area contributed by atoms with Gasteiger partial charge in [-0.15, -0.1) is 0 Å². The van der Waals surface area contributed by atoms with Crippen LogP contribution in [0, 0.1) is 0 Å². The van der Waals surface area contributed by atoms with Crippen molar-refractivity contribution in [2.24, 2.45) is 0 Å². The molecule has 1 fully saturated rings. The summed E-state index contributed by atoms with van der Waals surface area (Å²) < 4.78 is 5.29. The molecule has 3 heteroatoms. The van der Waals surface area contributed by atoms with Gasteiger partial charge in [-0.05, 0) is 18.6 Å². The highest BCUT2D eigenvalue weighted by molar-refractivity contribution is 5.39. The van der Waals surface area contributed by atoms with Gasteiger partial charge >= 0.3 is 0 Å². The normalized spacial score (nSPS) is 22.2. The first kappa shape index (κ1) is 8.51. The SMILES string of the molecule is COC1CCN(c2ccccn2)C1. The average molecular weight is 178 g/mol. The molecule has 1 atom stereocenters. The molecule has 0 saturated carbocycles. The van der Waals surface area contributed by atoms with Crippen LogP contribution < -0.4 is 4.90 Å². The predicted molar refractivity (Wildman–Crippen MR) is 51.9 cm³/mol. The molecule has 3 nitrogen and oxygen atoms in total. The van der Waals surface area contributed by atoms with Crippen molar-refractivity contribution < 1.29 is 4.74 Å². The smallest absolute Gasteiger partial charge is 0.128 e. The van der Waals surface area contributed by atoms with Gasteiger partial charge in [-0.25, -0.2) is 4.98 Å². The second-order valence-electron chi connectivity index (χ2n) is 3.28. The van der Waals surface area contributed by atoms with Crippen LogP contribution in [0.25, 0.3) is 0 Å². The van der Waals surface area contributed by atoms with E-state index >= 15 is 0 Å². The fourth-order valence-corrected chi connectivity index (χ4v) is 1.67. The molecule has 0 radical (unpaired) electrons. The molecular formula is C10H14N2O. The maximum atomic E-state index is 5.29. The zero-order valence-electron chi connectivity index (χ0n) is 7.81. The molecule has 1 aliphatic rings. The summed E-state index contributed by atoms with van der Waals surface area (Å²) in [5.41, 5.74) is 0. The van der Waals surface area contributed by atoms with Crippen LogP contribution in [-0.2, 0) is 4.74 Å². The molecule has 0 aromatic carbocycles. The highest BCUT2D eigenvalue weighted by Gasteiger charge is 2.22. The third kappa shape index (κ3) is 1.80. The Hall–Kier alpha value is -1.09. The third-order valence-electron chi connectivity index (χ3n) is 2.45.